The number of carbonyl (C=O) groups is 2. The number of nitrogens with one attached hydrogen (secondary N) is 1. The van der Waals surface area contributed by atoms with Gasteiger partial charge in [0.15, 0.2) is 0 Å². The Balaban J connectivity index is 1.31. The van der Waals surface area contributed by atoms with Crippen LogP contribution in [0.4, 0.5) is 17.1 Å². The van der Waals surface area contributed by atoms with Crippen molar-refractivity contribution in [2.45, 2.75) is 136 Å². The van der Waals surface area contributed by atoms with Crippen molar-refractivity contribution in [2.24, 2.45) is 23.2 Å². The van der Waals surface area contributed by atoms with Gasteiger partial charge in [-0.3, -0.25) is 29.8 Å². The second-order valence-electron chi connectivity index (χ2n) is 16.6. The third-order valence-electron chi connectivity index (χ3n) is 12.0. The van der Waals surface area contributed by atoms with E-state index in [1.54, 1.807) is 0 Å². The van der Waals surface area contributed by atoms with Crippen molar-refractivity contribution in [3.05, 3.63) is 73.4 Å². The summed E-state index contributed by atoms with van der Waals surface area (Å²) in [6, 6.07) is 3.50. The van der Waals surface area contributed by atoms with Crippen molar-refractivity contribution in [3.8, 4) is 0 Å². The molecule has 2 unspecified atom stereocenters. The van der Waals surface area contributed by atoms with E-state index in [2.05, 4.69) is 47.2 Å². The number of nitrogens with zero attached hydrogens (tertiary/aromatic N) is 2. The highest BCUT2D eigenvalue weighted by molar-refractivity contribution is 9.09. The Kier molecular flexibility index (Phi) is 16.5. The number of nitro groups is 2. The number of fused-ring (bicyclic) bond motifs is 1. The molecule has 0 amide bonds. The maximum atomic E-state index is 12.6. The molecule has 13 heteroatoms. The number of benzene rings is 1. The molecule has 0 saturated heterocycles. The summed E-state index contributed by atoms with van der Waals surface area (Å²) in [6.07, 6.45) is 19.6. The third-order valence-corrected chi connectivity index (χ3v) is 12.5. The summed E-state index contributed by atoms with van der Waals surface area (Å²) in [5.41, 5.74) is 2.92. The SMILES string of the molecule is CC(CCCC(C)(C)O)[C@H]1CCC2C(=CC=C3C[C@@H](OC(=O)CBr)CCC3=CCOC(=O)CCCCCNc3ccc([N+](=O)[O-])cc3[N+](=O)[O-])CCC[C@@]21C. The summed E-state index contributed by atoms with van der Waals surface area (Å²) < 4.78 is 11.3. The van der Waals surface area contributed by atoms with Gasteiger partial charge in [-0.1, -0.05) is 66.8 Å². The topological polar surface area (TPSA) is 171 Å². The van der Waals surface area contributed by atoms with Gasteiger partial charge in [0.2, 0.25) is 0 Å². The number of nitro benzene ring substituents is 2. The van der Waals surface area contributed by atoms with Crippen LogP contribution in [0.25, 0.3) is 0 Å². The number of rotatable bonds is 19. The third kappa shape index (κ3) is 13.0. The quantitative estimate of drug-likeness (QED) is 0.0450. The number of esters is 2. The van der Waals surface area contributed by atoms with Gasteiger partial charge < -0.3 is 19.9 Å². The molecular formula is C42H60BrN3O9. The van der Waals surface area contributed by atoms with E-state index in [1.807, 2.05) is 19.9 Å². The second-order valence-corrected chi connectivity index (χ2v) is 17.1. The Morgan fingerprint density at radius 1 is 1.05 bits per heavy atom. The summed E-state index contributed by atoms with van der Waals surface area (Å²) >= 11 is 3.21. The van der Waals surface area contributed by atoms with Crippen molar-refractivity contribution >= 4 is 44.9 Å². The lowest BCUT2D eigenvalue weighted by Gasteiger charge is -2.44. The molecule has 0 spiro atoms. The minimum Gasteiger partial charge on any atom is -0.461 e. The highest BCUT2D eigenvalue weighted by atomic mass is 79.9. The maximum absolute atomic E-state index is 12.6. The molecule has 0 bridgehead atoms. The molecule has 0 aromatic heterocycles. The lowest BCUT2D eigenvalue weighted by Crippen LogP contribution is -2.36. The van der Waals surface area contributed by atoms with Crippen LogP contribution in [0.5, 0.6) is 0 Å². The van der Waals surface area contributed by atoms with Crippen molar-refractivity contribution in [1.82, 2.24) is 0 Å². The molecule has 0 radical (unpaired) electrons. The molecule has 3 aliphatic rings. The predicted octanol–water partition coefficient (Wildman–Crippen LogP) is 10.1. The number of hydrogen-bond acceptors (Lipinski definition) is 10. The number of non-ortho nitro benzene ring substituents is 1. The maximum Gasteiger partial charge on any atom is 0.316 e. The number of hydrogen-bond donors (Lipinski definition) is 2. The second kappa shape index (κ2) is 20.5. The van der Waals surface area contributed by atoms with Crippen LogP contribution in [0.3, 0.4) is 0 Å². The molecule has 3 saturated carbocycles. The van der Waals surface area contributed by atoms with E-state index in [-0.39, 0.29) is 58.9 Å². The largest absolute Gasteiger partial charge is 0.461 e. The number of allylic oxidation sites excluding steroid dienone is 4. The van der Waals surface area contributed by atoms with E-state index >= 15 is 0 Å². The molecule has 55 heavy (non-hydrogen) atoms. The zero-order valence-corrected chi connectivity index (χ0v) is 34.6. The Morgan fingerprint density at radius 2 is 1.84 bits per heavy atom. The Hall–Kier alpha value is -3.58. The smallest absolute Gasteiger partial charge is 0.316 e. The first-order chi connectivity index (χ1) is 26.1. The number of unbranched alkanes of at least 4 members (excludes halogenated alkanes) is 2. The molecule has 3 aliphatic carbocycles. The fraction of sp³-hybridized carbons (Fsp3) is 0.667. The average Bonchev–Trinajstić information content (AvgIpc) is 3.49. The van der Waals surface area contributed by atoms with Gasteiger partial charge in [-0.2, -0.15) is 0 Å². The van der Waals surface area contributed by atoms with Crippen LogP contribution in [0.1, 0.15) is 124 Å². The summed E-state index contributed by atoms with van der Waals surface area (Å²) in [4.78, 5) is 45.7. The van der Waals surface area contributed by atoms with E-state index in [0.717, 1.165) is 49.3 Å². The number of carbonyl (C=O) groups excluding carboxylic acids is 2. The van der Waals surface area contributed by atoms with Gasteiger partial charge in [0, 0.05) is 25.5 Å². The standard InChI is InChI=1S/C42H60BrN3O9/c1-29(10-8-22-41(2,3)49)35-18-19-36-31(11-9-23-42(35,36)4)13-14-32-26-34(55-40(48)28-43)17-15-30(32)21-25-54-39(47)12-6-5-7-24-44-37-20-16-33(45(50)51)27-38(37)46(52)53/h13-14,16,20-21,27,29,34-36,44,49H,5-12,15,17-19,22-26,28H2,1-4H3/t29?,34-,35+,36?,42+/m0/s1. The summed E-state index contributed by atoms with van der Waals surface area (Å²) in [6.45, 7) is 9.28. The molecule has 4 rings (SSSR count). The number of anilines is 1. The number of alkyl halides is 1. The summed E-state index contributed by atoms with van der Waals surface area (Å²) in [5.74, 6) is 1.27. The first-order valence-electron chi connectivity index (χ1n) is 20.0. The van der Waals surface area contributed by atoms with Crippen molar-refractivity contribution in [3.63, 3.8) is 0 Å². The molecule has 1 aromatic rings. The van der Waals surface area contributed by atoms with Crippen molar-refractivity contribution in [2.75, 3.05) is 23.8 Å². The van der Waals surface area contributed by atoms with E-state index in [4.69, 9.17) is 9.47 Å². The lowest BCUT2D eigenvalue weighted by molar-refractivity contribution is -0.393. The van der Waals surface area contributed by atoms with Crippen LogP contribution < -0.4 is 5.32 Å². The van der Waals surface area contributed by atoms with Gasteiger partial charge in [-0.05, 0) is 125 Å². The van der Waals surface area contributed by atoms with Crippen molar-refractivity contribution in [1.29, 1.82) is 0 Å². The van der Waals surface area contributed by atoms with Gasteiger partial charge in [0.25, 0.3) is 11.4 Å². The average molecular weight is 831 g/mol. The van der Waals surface area contributed by atoms with Crippen LogP contribution >= 0.6 is 15.9 Å². The summed E-state index contributed by atoms with van der Waals surface area (Å²) in [7, 11) is 0. The molecule has 12 nitrogen and oxygen atoms in total. The summed E-state index contributed by atoms with van der Waals surface area (Å²) in [5, 5.41) is 35.7. The van der Waals surface area contributed by atoms with E-state index in [9.17, 15) is 34.9 Å². The molecular weight excluding hydrogens is 770 g/mol. The first-order valence-corrected chi connectivity index (χ1v) is 21.1. The molecule has 5 atom stereocenters. The van der Waals surface area contributed by atoms with Gasteiger partial charge in [0.1, 0.15) is 23.7 Å². The van der Waals surface area contributed by atoms with Gasteiger partial charge in [-0.15, -0.1) is 0 Å². The van der Waals surface area contributed by atoms with Gasteiger partial charge in [0.05, 0.1) is 21.5 Å². The van der Waals surface area contributed by atoms with E-state index in [0.29, 0.717) is 56.4 Å². The first kappa shape index (κ1) is 44.1. The Labute approximate surface area is 334 Å². The molecule has 304 valence electrons. The Morgan fingerprint density at radius 3 is 2.55 bits per heavy atom. The van der Waals surface area contributed by atoms with E-state index in [1.165, 1.54) is 43.4 Å². The van der Waals surface area contributed by atoms with Crippen LogP contribution in [0, 0.1) is 43.4 Å². The normalized spacial score (nSPS) is 25.4. The molecule has 3 fully saturated rings. The van der Waals surface area contributed by atoms with Crippen LogP contribution in [0.15, 0.2) is 53.1 Å². The van der Waals surface area contributed by atoms with Crippen LogP contribution in [0.2, 0.25) is 0 Å². The highest BCUT2D eigenvalue weighted by Crippen LogP contribution is 2.60. The molecule has 0 aliphatic heterocycles. The van der Waals surface area contributed by atoms with Gasteiger partial charge in [-0.25, -0.2) is 0 Å². The molecule has 0 heterocycles. The number of halogens is 1. The molecule has 2 N–H and O–H groups in total. The zero-order chi connectivity index (χ0) is 40.2. The monoisotopic (exact) mass is 829 g/mol. The van der Waals surface area contributed by atoms with Crippen molar-refractivity contribution < 1.29 is 34.0 Å². The number of aliphatic hydroxyl groups is 1. The van der Waals surface area contributed by atoms with Crippen LogP contribution in [-0.2, 0) is 19.1 Å². The Bertz CT molecular complexity index is 1620. The predicted molar refractivity (Wildman–Crippen MR) is 217 cm³/mol. The van der Waals surface area contributed by atoms with E-state index < -0.39 is 15.4 Å². The van der Waals surface area contributed by atoms with Gasteiger partial charge >= 0.3 is 11.9 Å². The molecule has 1 aromatic carbocycles. The fourth-order valence-electron chi connectivity index (χ4n) is 9.20. The zero-order valence-electron chi connectivity index (χ0n) is 33.0. The minimum absolute atomic E-state index is 0.154. The fourth-order valence-corrected chi connectivity index (χ4v) is 9.33. The minimum atomic E-state index is -0.669. The highest BCUT2D eigenvalue weighted by Gasteiger charge is 2.50. The number of ether oxygens (including phenoxy) is 2. The van der Waals surface area contributed by atoms with Crippen LogP contribution in [-0.4, -0.2) is 57.1 Å². The lowest BCUT2D eigenvalue weighted by atomic mass is 9.60.